The second-order valence-corrected chi connectivity index (χ2v) is 6.43. The predicted octanol–water partition coefficient (Wildman–Crippen LogP) is 2.60. The molecule has 0 saturated heterocycles. The molecule has 1 aliphatic rings. The fourth-order valence-corrected chi connectivity index (χ4v) is 3.23. The van der Waals surface area contributed by atoms with Crippen LogP contribution in [0.1, 0.15) is 32.6 Å². The first-order valence-corrected chi connectivity index (χ1v) is 8.63. The van der Waals surface area contributed by atoms with E-state index in [1.807, 2.05) is 25.1 Å². The van der Waals surface area contributed by atoms with Crippen molar-refractivity contribution in [3.63, 3.8) is 0 Å². The van der Waals surface area contributed by atoms with Gasteiger partial charge in [-0.25, -0.2) is 0 Å². The Hall–Kier alpha value is -3.15. The molecule has 2 heterocycles. The molecule has 0 unspecified atom stereocenters. The normalized spacial score (nSPS) is 13.5. The van der Waals surface area contributed by atoms with Crippen LogP contribution in [0, 0.1) is 13.8 Å². The van der Waals surface area contributed by atoms with Crippen LogP contribution in [0.3, 0.4) is 0 Å². The second kappa shape index (κ2) is 6.63. The zero-order valence-corrected chi connectivity index (χ0v) is 14.8. The molecule has 2 aromatic carbocycles. The van der Waals surface area contributed by atoms with Crippen LogP contribution < -0.4 is 10.1 Å². The SMILES string of the molecule is Cc1c(Cc2ccc(-n3nccn3)cc2)cc2c(c1C)OCCNC2=O. The largest absolute Gasteiger partial charge is 0.491 e. The van der Waals surface area contributed by atoms with E-state index < -0.39 is 0 Å². The van der Waals surface area contributed by atoms with E-state index in [1.54, 1.807) is 17.2 Å². The fourth-order valence-electron chi connectivity index (χ4n) is 3.23. The van der Waals surface area contributed by atoms with Crippen molar-refractivity contribution in [3.05, 3.63) is 70.5 Å². The summed E-state index contributed by atoms with van der Waals surface area (Å²) in [6.45, 7) is 5.13. The zero-order valence-electron chi connectivity index (χ0n) is 14.8. The summed E-state index contributed by atoms with van der Waals surface area (Å²) in [5.74, 6) is 0.642. The number of nitrogens with zero attached hydrogens (tertiary/aromatic N) is 3. The summed E-state index contributed by atoms with van der Waals surface area (Å²) in [7, 11) is 0. The third-order valence-electron chi connectivity index (χ3n) is 4.81. The number of amides is 1. The van der Waals surface area contributed by atoms with Gasteiger partial charge in [0, 0.05) is 0 Å². The highest BCUT2D eigenvalue weighted by Gasteiger charge is 2.21. The lowest BCUT2D eigenvalue weighted by atomic mass is 9.93. The Morgan fingerprint density at radius 3 is 2.58 bits per heavy atom. The minimum atomic E-state index is -0.0676. The number of carbonyl (C=O) groups is 1. The second-order valence-electron chi connectivity index (χ2n) is 6.43. The molecule has 1 amide bonds. The van der Waals surface area contributed by atoms with Gasteiger partial charge >= 0.3 is 0 Å². The third-order valence-corrected chi connectivity index (χ3v) is 4.81. The Balaban J connectivity index is 1.66. The van der Waals surface area contributed by atoms with E-state index >= 15 is 0 Å². The lowest BCUT2D eigenvalue weighted by Crippen LogP contribution is -2.24. The molecule has 0 bridgehead atoms. The van der Waals surface area contributed by atoms with Gasteiger partial charge in [0.1, 0.15) is 12.4 Å². The Morgan fingerprint density at radius 2 is 1.85 bits per heavy atom. The van der Waals surface area contributed by atoms with Crippen LogP contribution in [-0.2, 0) is 6.42 Å². The molecule has 0 radical (unpaired) electrons. The number of aromatic nitrogens is 3. The van der Waals surface area contributed by atoms with E-state index in [0.717, 1.165) is 28.8 Å². The molecule has 0 aliphatic carbocycles. The quantitative estimate of drug-likeness (QED) is 0.790. The lowest BCUT2D eigenvalue weighted by molar-refractivity contribution is 0.0957. The van der Waals surface area contributed by atoms with Crippen molar-refractivity contribution in [2.45, 2.75) is 20.3 Å². The van der Waals surface area contributed by atoms with Crippen LogP contribution in [0.5, 0.6) is 5.75 Å². The average Bonchev–Trinajstić information content (AvgIpc) is 3.12. The van der Waals surface area contributed by atoms with Crippen molar-refractivity contribution >= 4 is 5.91 Å². The van der Waals surface area contributed by atoms with Gasteiger partial charge in [0.15, 0.2) is 0 Å². The van der Waals surface area contributed by atoms with Gasteiger partial charge in [0.2, 0.25) is 0 Å². The van der Waals surface area contributed by atoms with E-state index in [2.05, 4.69) is 34.6 Å². The molecule has 1 N–H and O–H groups in total. The summed E-state index contributed by atoms with van der Waals surface area (Å²) in [5.41, 5.74) is 6.03. The van der Waals surface area contributed by atoms with Gasteiger partial charge in [0.05, 0.1) is 30.2 Å². The standard InChI is InChI=1S/C20H20N4O2/c1-13-14(2)19-18(20(25)21-9-10-26-19)12-16(13)11-15-3-5-17(6-4-15)24-22-7-8-23-24/h3-8,12H,9-11H2,1-2H3,(H,21,25). The Bertz CT molecular complexity index is 947. The molecule has 0 atom stereocenters. The Kier molecular flexibility index (Phi) is 4.16. The predicted molar refractivity (Wildman–Crippen MR) is 97.9 cm³/mol. The van der Waals surface area contributed by atoms with Gasteiger partial charge < -0.3 is 10.1 Å². The maximum atomic E-state index is 12.3. The van der Waals surface area contributed by atoms with E-state index in [-0.39, 0.29) is 5.91 Å². The molecule has 132 valence electrons. The lowest BCUT2D eigenvalue weighted by Gasteiger charge is -2.16. The van der Waals surface area contributed by atoms with Gasteiger partial charge in [-0.1, -0.05) is 12.1 Å². The number of nitrogens with one attached hydrogen (secondary N) is 1. The van der Waals surface area contributed by atoms with Crippen LogP contribution in [0.4, 0.5) is 0 Å². The third kappa shape index (κ3) is 2.94. The highest BCUT2D eigenvalue weighted by Crippen LogP contribution is 2.31. The molecule has 26 heavy (non-hydrogen) atoms. The number of benzene rings is 2. The highest BCUT2D eigenvalue weighted by molar-refractivity contribution is 5.98. The molecule has 0 spiro atoms. The van der Waals surface area contributed by atoms with Gasteiger partial charge in [-0.15, -0.1) is 0 Å². The average molecular weight is 348 g/mol. The van der Waals surface area contributed by atoms with E-state index in [9.17, 15) is 4.79 Å². The first-order valence-electron chi connectivity index (χ1n) is 8.63. The number of carbonyl (C=O) groups excluding carboxylic acids is 1. The number of rotatable bonds is 3. The fraction of sp³-hybridized carbons (Fsp3) is 0.250. The molecular weight excluding hydrogens is 328 g/mol. The summed E-state index contributed by atoms with van der Waals surface area (Å²) >= 11 is 0. The monoisotopic (exact) mass is 348 g/mol. The summed E-state index contributed by atoms with van der Waals surface area (Å²) in [6.07, 6.45) is 4.06. The van der Waals surface area contributed by atoms with Gasteiger partial charge in [-0.2, -0.15) is 15.0 Å². The van der Waals surface area contributed by atoms with Crippen molar-refractivity contribution in [1.29, 1.82) is 0 Å². The number of hydrogen-bond donors (Lipinski definition) is 1. The molecule has 0 saturated carbocycles. The van der Waals surface area contributed by atoms with Gasteiger partial charge in [0.25, 0.3) is 5.91 Å². The number of hydrogen-bond acceptors (Lipinski definition) is 4. The first kappa shape index (κ1) is 16.3. The van der Waals surface area contributed by atoms with Crippen LogP contribution in [-0.4, -0.2) is 34.1 Å². The van der Waals surface area contributed by atoms with E-state index in [0.29, 0.717) is 24.5 Å². The molecule has 4 rings (SSSR count). The summed E-state index contributed by atoms with van der Waals surface area (Å²) in [4.78, 5) is 13.9. The molecule has 3 aromatic rings. The molecule has 6 heteroatoms. The van der Waals surface area contributed by atoms with E-state index in [4.69, 9.17) is 4.74 Å². The Labute approximate surface area is 151 Å². The van der Waals surface area contributed by atoms with E-state index in [1.165, 1.54) is 5.56 Å². The smallest absolute Gasteiger partial charge is 0.255 e. The number of ether oxygens (including phenoxy) is 1. The van der Waals surface area contributed by atoms with Crippen molar-refractivity contribution in [2.75, 3.05) is 13.2 Å². The van der Waals surface area contributed by atoms with Gasteiger partial charge in [-0.3, -0.25) is 4.79 Å². The molecule has 1 aromatic heterocycles. The summed E-state index contributed by atoms with van der Waals surface area (Å²) in [6, 6.07) is 10.1. The molecular formula is C20H20N4O2. The van der Waals surface area contributed by atoms with Crippen molar-refractivity contribution in [2.24, 2.45) is 0 Å². The maximum Gasteiger partial charge on any atom is 0.255 e. The molecule has 1 aliphatic heterocycles. The van der Waals surface area contributed by atoms with Crippen molar-refractivity contribution in [3.8, 4) is 11.4 Å². The maximum absolute atomic E-state index is 12.3. The van der Waals surface area contributed by atoms with Gasteiger partial charge in [-0.05, 0) is 60.7 Å². The molecule has 6 nitrogen and oxygen atoms in total. The minimum absolute atomic E-state index is 0.0676. The topological polar surface area (TPSA) is 69.0 Å². The zero-order chi connectivity index (χ0) is 18.1. The van der Waals surface area contributed by atoms with Crippen LogP contribution >= 0.6 is 0 Å². The summed E-state index contributed by atoms with van der Waals surface area (Å²) in [5, 5.41) is 11.2. The highest BCUT2D eigenvalue weighted by atomic mass is 16.5. The van der Waals surface area contributed by atoms with Crippen LogP contribution in [0.15, 0.2) is 42.7 Å². The molecule has 0 fully saturated rings. The van der Waals surface area contributed by atoms with Crippen LogP contribution in [0.25, 0.3) is 5.69 Å². The van der Waals surface area contributed by atoms with Crippen LogP contribution in [0.2, 0.25) is 0 Å². The van der Waals surface area contributed by atoms with Crippen molar-refractivity contribution in [1.82, 2.24) is 20.3 Å². The minimum Gasteiger partial charge on any atom is -0.491 e. The first-order chi connectivity index (χ1) is 12.6. The number of fused-ring (bicyclic) bond motifs is 1. The van der Waals surface area contributed by atoms with Crippen molar-refractivity contribution < 1.29 is 9.53 Å². The Morgan fingerprint density at radius 1 is 1.12 bits per heavy atom. The summed E-state index contributed by atoms with van der Waals surface area (Å²) < 4.78 is 5.79.